The van der Waals surface area contributed by atoms with E-state index in [1.165, 1.54) is 12.3 Å². The first-order valence-corrected chi connectivity index (χ1v) is 7.47. The van der Waals surface area contributed by atoms with E-state index in [0.29, 0.717) is 18.4 Å². The van der Waals surface area contributed by atoms with Crippen LogP contribution in [0.1, 0.15) is 26.3 Å². The first kappa shape index (κ1) is 22.7. The van der Waals surface area contributed by atoms with Crippen molar-refractivity contribution in [1.29, 1.82) is 0 Å². The van der Waals surface area contributed by atoms with Crippen LogP contribution in [-0.2, 0) is 6.54 Å². The van der Waals surface area contributed by atoms with Crippen molar-refractivity contribution < 1.29 is 17.9 Å². The molecule has 0 bridgehead atoms. The van der Waals surface area contributed by atoms with Gasteiger partial charge in [-0.2, -0.15) is 13.2 Å². The van der Waals surface area contributed by atoms with Crippen molar-refractivity contribution >= 4 is 29.9 Å². The number of pyridine rings is 1. The monoisotopic (exact) mass is 460 g/mol. The van der Waals surface area contributed by atoms with E-state index in [1.807, 2.05) is 6.92 Å². The number of ether oxygens (including phenoxy) is 1. The predicted octanol–water partition coefficient (Wildman–Crippen LogP) is 3.35. The predicted molar refractivity (Wildman–Crippen MR) is 98.9 cm³/mol. The first-order chi connectivity index (χ1) is 10.8. The van der Waals surface area contributed by atoms with Gasteiger partial charge in [-0.1, -0.05) is 13.8 Å². The maximum Gasteiger partial charge on any atom is 0.422 e. The van der Waals surface area contributed by atoms with Crippen LogP contribution in [-0.4, -0.2) is 36.8 Å². The lowest BCUT2D eigenvalue weighted by Crippen LogP contribution is -2.39. The van der Waals surface area contributed by atoms with Gasteiger partial charge in [-0.3, -0.25) is 0 Å². The largest absolute Gasteiger partial charge is 0.468 e. The highest BCUT2D eigenvalue weighted by atomic mass is 127. The Labute approximate surface area is 157 Å². The van der Waals surface area contributed by atoms with Crippen molar-refractivity contribution in [2.75, 3.05) is 19.7 Å². The molecule has 0 saturated heterocycles. The van der Waals surface area contributed by atoms with Crippen LogP contribution in [0.5, 0.6) is 5.88 Å². The zero-order valence-corrected chi connectivity index (χ0v) is 16.3. The topological polar surface area (TPSA) is 58.5 Å². The Bertz CT molecular complexity index is 510. The molecule has 0 atom stereocenters. The maximum absolute atomic E-state index is 12.1. The summed E-state index contributed by atoms with van der Waals surface area (Å²) < 4.78 is 41.0. The SMILES string of the molecule is CCNC(=NCc1ccnc(OCC(F)(F)F)c1)NCC(C)C.I. The Morgan fingerprint density at radius 1 is 1.33 bits per heavy atom. The third kappa shape index (κ3) is 10.5. The van der Waals surface area contributed by atoms with Gasteiger partial charge in [0.1, 0.15) is 0 Å². The molecule has 9 heteroatoms. The molecule has 1 heterocycles. The Morgan fingerprint density at radius 2 is 2.04 bits per heavy atom. The van der Waals surface area contributed by atoms with Crippen molar-refractivity contribution in [2.45, 2.75) is 33.5 Å². The standard InChI is InChI=1S/C15H23F3N4O.HI/c1-4-19-14(21-8-11(2)3)22-9-12-5-6-20-13(7-12)23-10-15(16,17)18;/h5-7,11H,4,8-10H2,1-3H3,(H2,19,21,22);1H. The van der Waals surface area contributed by atoms with Crippen molar-refractivity contribution in [2.24, 2.45) is 10.9 Å². The number of alkyl halides is 3. The summed E-state index contributed by atoms with van der Waals surface area (Å²) in [6.07, 6.45) is -2.97. The molecule has 0 amide bonds. The van der Waals surface area contributed by atoms with Gasteiger partial charge in [-0.25, -0.2) is 9.98 Å². The molecule has 1 aromatic rings. The highest BCUT2D eigenvalue weighted by Gasteiger charge is 2.28. The number of nitrogens with one attached hydrogen (secondary N) is 2. The number of rotatable bonds is 7. The molecule has 0 aromatic carbocycles. The molecular formula is C15H24F3IN4O. The highest BCUT2D eigenvalue weighted by Crippen LogP contribution is 2.17. The van der Waals surface area contributed by atoms with Gasteiger partial charge in [0.25, 0.3) is 0 Å². The lowest BCUT2D eigenvalue weighted by atomic mass is 10.2. The third-order valence-electron chi connectivity index (χ3n) is 2.62. The van der Waals surface area contributed by atoms with Crippen LogP contribution in [0.4, 0.5) is 13.2 Å². The molecule has 0 saturated carbocycles. The second-order valence-electron chi connectivity index (χ2n) is 5.38. The summed E-state index contributed by atoms with van der Waals surface area (Å²) in [6.45, 7) is 6.60. The quantitative estimate of drug-likeness (QED) is 0.373. The van der Waals surface area contributed by atoms with Gasteiger partial charge in [0.05, 0.1) is 6.54 Å². The summed E-state index contributed by atoms with van der Waals surface area (Å²) in [5.74, 6) is 1.08. The molecule has 24 heavy (non-hydrogen) atoms. The van der Waals surface area contributed by atoms with Crippen LogP contribution in [0.2, 0.25) is 0 Å². The number of aliphatic imine (C=N–C) groups is 1. The minimum atomic E-state index is -4.38. The van der Waals surface area contributed by atoms with E-state index >= 15 is 0 Å². The van der Waals surface area contributed by atoms with Gasteiger partial charge in [-0.15, -0.1) is 24.0 Å². The minimum absolute atomic E-state index is 0. The van der Waals surface area contributed by atoms with Crippen molar-refractivity contribution in [3.05, 3.63) is 23.9 Å². The van der Waals surface area contributed by atoms with Crippen LogP contribution in [0, 0.1) is 5.92 Å². The number of guanidine groups is 1. The maximum atomic E-state index is 12.1. The van der Waals surface area contributed by atoms with E-state index in [1.54, 1.807) is 6.07 Å². The van der Waals surface area contributed by atoms with Crippen LogP contribution >= 0.6 is 24.0 Å². The number of hydrogen-bond acceptors (Lipinski definition) is 3. The molecule has 0 aliphatic carbocycles. The number of halogens is 4. The third-order valence-corrected chi connectivity index (χ3v) is 2.62. The fourth-order valence-electron chi connectivity index (χ4n) is 1.60. The molecule has 0 aliphatic rings. The lowest BCUT2D eigenvalue weighted by Gasteiger charge is -2.13. The molecule has 0 aliphatic heterocycles. The summed E-state index contributed by atoms with van der Waals surface area (Å²) >= 11 is 0. The fraction of sp³-hybridized carbons (Fsp3) is 0.600. The normalized spacial score (nSPS) is 11.9. The molecule has 5 nitrogen and oxygen atoms in total. The van der Waals surface area contributed by atoms with Crippen LogP contribution in [0.15, 0.2) is 23.3 Å². The second-order valence-corrected chi connectivity index (χ2v) is 5.38. The number of hydrogen-bond donors (Lipinski definition) is 2. The van der Waals surface area contributed by atoms with E-state index in [9.17, 15) is 13.2 Å². The zero-order chi connectivity index (χ0) is 17.3. The highest BCUT2D eigenvalue weighted by molar-refractivity contribution is 14.0. The van der Waals surface area contributed by atoms with Crippen LogP contribution in [0.25, 0.3) is 0 Å². The molecule has 2 N–H and O–H groups in total. The van der Waals surface area contributed by atoms with Crippen molar-refractivity contribution in [1.82, 2.24) is 15.6 Å². The molecule has 0 spiro atoms. The van der Waals surface area contributed by atoms with E-state index in [2.05, 4.69) is 39.2 Å². The minimum Gasteiger partial charge on any atom is -0.468 e. The Balaban J connectivity index is 0.00000529. The summed E-state index contributed by atoms with van der Waals surface area (Å²) in [6, 6.07) is 3.15. The van der Waals surface area contributed by atoms with E-state index in [0.717, 1.165) is 18.7 Å². The zero-order valence-electron chi connectivity index (χ0n) is 14.0. The summed E-state index contributed by atoms with van der Waals surface area (Å²) in [7, 11) is 0. The lowest BCUT2D eigenvalue weighted by molar-refractivity contribution is -0.154. The first-order valence-electron chi connectivity index (χ1n) is 7.47. The molecule has 138 valence electrons. The van der Waals surface area contributed by atoms with Crippen molar-refractivity contribution in [3.8, 4) is 5.88 Å². The van der Waals surface area contributed by atoms with E-state index in [-0.39, 0.29) is 29.9 Å². The van der Waals surface area contributed by atoms with Gasteiger partial charge in [0.15, 0.2) is 12.6 Å². The van der Waals surface area contributed by atoms with Gasteiger partial charge >= 0.3 is 6.18 Å². The number of aromatic nitrogens is 1. The second kappa shape index (κ2) is 11.3. The number of nitrogens with zero attached hydrogens (tertiary/aromatic N) is 2. The Morgan fingerprint density at radius 3 is 2.62 bits per heavy atom. The molecule has 0 radical (unpaired) electrons. The van der Waals surface area contributed by atoms with Gasteiger partial charge < -0.3 is 15.4 Å². The van der Waals surface area contributed by atoms with E-state index in [4.69, 9.17) is 0 Å². The van der Waals surface area contributed by atoms with Crippen LogP contribution < -0.4 is 15.4 Å². The summed E-state index contributed by atoms with van der Waals surface area (Å²) in [5, 5.41) is 6.30. The van der Waals surface area contributed by atoms with Gasteiger partial charge in [0, 0.05) is 25.4 Å². The summed E-state index contributed by atoms with van der Waals surface area (Å²) in [5.41, 5.74) is 0.721. The average molecular weight is 460 g/mol. The van der Waals surface area contributed by atoms with E-state index < -0.39 is 12.8 Å². The van der Waals surface area contributed by atoms with Gasteiger partial charge in [0.2, 0.25) is 5.88 Å². The molecule has 1 rings (SSSR count). The smallest absolute Gasteiger partial charge is 0.422 e. The molecule has 0 unspecified atom stereocenters. The molecule has 0 fully saturated rings. The molecular weight excluding hydrogens is 436 g/mol. The van der Waals surface area contributed by atoms with Gasteiger partial charge in [-0.05, 0) is 24.5 Å². The molecule has 1 aromatic heterocycles. The fourth-order valence-corrected chi connectivity index (χ4v) is 1.60. The Kier molecular flexibility index (Phi) is 10.7. The summed E-state index contributed by atoms with van der Waals surface area (Å²) in [4.78, 5) is 8.16. The Hall–Kier alpha value is -1.26. The van der Waals surface area contributed by atoms with Crippen LogP contribution in [0.3, 0.4) is 0 Å². The van der Waals surface area contributed by atoms with Crippen molar-refractivity contribution in [3.63, 3.8) is 0 Å². The average Bonchev–Trinajstić information content (AvgIpc) is 2.47.